The molecule has 1 saturated carbocycles. The first-order chi connectivity index (χ1) is 21.7. The third-order valence-electron chi connectivity index (χ3n) is 9.92. The zero-order chi connectivity index (χ0) is 31.2. The van der Waals surface area contributed by atoms with Crippen molar-refractivity contribution >= 4 is 22.9 Å². The van der Waals surface area contributed by atoms with Crippen LogP contribution in [0.25, 0.3) is 22.2 Å². The number of para-hydroxylation sites is 1. The molecule has 3 aliphatic rings. The van der Waals surface area contributed by atoms with Crippen LogP contribution in [-0.4, -0.2) is 68.3 Å². The largest absolute Gasteiger partial charge is 0.457 e. The highest BCUT2D eigenvalue weighted by Crippen LogP contribution is 2.44. The van der Waals surface area contributed by atoms with Gasteiger partial charge in [0, 0.05) is 48.9 Å². The number of nitrogens with zero attached hydrogens (tertiary/aromatic N) is 5. The summed E-state index contributed by atoms with van der Waals surface area (Å²) in [5, 5.41) is 0.911. The molecule has 1 amide bonds. The van der Waals surface area contributed by atoms with Gasteiger partial charge in [0.25, 0.3) is 0 Å². The Morgan fingerprint density at radius 1 is 0.889 bits per heavy atom. The SMILES string of the molecule is CC(C)(C)OC(=O)N1CCC2(CCN([C@H]3CC[C@H](n4cc(-c5ccc(Oc6ccccc6)cc5)c5c(N)ncnc54)CC3)C2)C1. The third-order valence-corrected chi connectivity index (χ3v) is 9.92. The second-order valence-corrected chi connectivity index (χ2v) is 14.2. The standard InChI is InChI=1S/C36H44N6O3/c1-35(2,3)45-34(43)41-20-18-36(23-41)17-19-40(22-36)26-11-13-27(14-12-26)42-21-30(31-32(37)38-24-39-33(31)42)25-9-15-29(16-10-25)44-28-7-5-4-6-8-28/h4-10,15-16,21,24,26-27H,11-14,17-20,22-23H2,1-3H3,(H2,37,38,39)/t26-,27-,36?. The maximum atomic E-state index is 12.7. The fourth-order valence-electron chi connectivity index (χ4n) is 7.67. The number of carbonyl (C=O) groups excluding carboxylic acids is 1. The lowest BCUT2D eigenvalue weighted by Gasteiger charge is -2.36. The van der Waals surface area contributed by atoms with Gasteiger partial charge in [-0.05, 0) is 95.7 Å². The molecule has 2 N–H and O–H groups in total. The zero-order valence-electron chi connectivity index (χ0n) is 26.6. The predicted molar refractivity (Wildman–Crippen MR) is 176 cm³/mol. The van der Waals surface area contributed by atoms with Crippen LogP contribution in [0.4, 0.5) is 10.6 Å². The number of likely N-dealkylation sites (tertiary alicyclic amines) is 2. The van der Waals surface area contributed by atoms with Crippen LogP contribution in [0.15, 0.2) is 67.1 Å². The topological polar surface area (TPSA) is 98.7 Å². The quantitative estimate of drug-likeness (QED) is 0.254. The second kappa shape index (κ2) is 11.7. The lowest BCUT2D eigenvalue weighted by molar-refractivity contribution is 0.0272. The average molecular weight is 609 g/mol. The Morgan fingerprint density at radius 2 is 1.58 bits per heavy atom. The number of aromatic nitrogens is 3. The van der Waals surface area contributed by atoms with Crippen LogP contribution in [0, 0.1) is 5.41 Å². The van der Waals surface area contributed by atoms with E-state index >= 15 is 0 Å². The Bertz CT molecular complexity index is 1660. The highest BCUT2D eigenvalue weighted by atomic mass is 16.6. The molecule has 45 heavy (non-hydrogen) atoms. The number of ether oxygens (including phenoxy) is 2. The van der Waals surface area contributed by atoms with Gasteiger partial charge in [-0.25, -0.2) is 14.8 Å². The maximum Gasteiger partial charge on any atom is 0.410 e. The van der Waals surface area contributed by atoms with E-state index in [2.05, 4.69) is 32.8 Å². The van der Waals surface area contributed by atoms with E-state index in [1.165, 1.54) is 0 Å². The van der Waals surface area contributed by atoms with E-state index in [1.54, 1.807) is 6.33 Å². The van der Waals surface area contributed by atoms with Gasteiger partial charge in [0.05, 0.1) is 5.39 Å². The average Bonchev–Trinajstić information content (AvgIpc) is 3.76. The fourth-order valence-corrected chi connectivity index (χ4v) is 7.67. The molecule has 3 fully saturated rings. The van der Waals surface area contributed by atoms with Crippen LogP contribution in [0.1, 0.15) is 65.3 Å². The Kier molecular flexibility index (Phi) is 7.68. The van der Waals surface area contributed by atoms with Crippen molar-refractivity contribution in [3.8, 4) is 22.6 Å². The summed E-state index contributed by atoms with van der Waals surface area (Å²) in [4.78, 5) is 26.4. The van der Waals surface area contributed by atoms with Gasteiger partial charge in [-0.1, -0.05) is 30.3 Å². The van der Waals surface area contributed by atoms with Gasteiger partial charge < -0.3 is 24.7 Å². The molecule has 0 radical (unpaired) electrons. The molecule has 1 aliphatic carbocycles. The number of nitrogen functional groups attached to an aromatic ring is 1. The molecule has 1 unspecified atom stereocenters. The van der Waals surface area contributed by atoms with E-state index in [0.717, 1.165) is 98.4 Å². The fraction of sp³-hybridized carbons (Fsp3) is 0.472. The lowest BCUT2D eigenvalue weighted by atomic mass is 9.86. The summed E-state index contributed by atoms with van der Waals surface area (Å²) in [6, 6.07) is 18.9. The summed E-state index contributed by atoms with van der Waals surface area (Å²) < 4.78 is 14.0. The Hall–Kier alpha value is -4.11. The van der Waals surface area contributed by atoms with E-state index in [9.17, 15) is 4.79 Å². The van der Waals surface area contributed by atoms with E-state index in [0.29, 0.717) is 17.9 Å². The number of nitrogens with two attached hydrogens (primary N) is 1. The van der Waals surface area contributed by atoms with Crippen molar-refractivity contribution in [1.82, 2.24) is 24.3 Å². The van der Waals surface area contributed by atoms with Crippen LogP contribution in [0.5, 0.6) is 11.5 Å². The molecule has 1 spiro atoms. The number of hydrogen-bond donors (Lipinski definition) is 1. The van der Waals surface area contributed by atoms with Gasteiger partial charge in [0.2, 0.25) is 0 Å². The molecule has 2 aromatic heterocycles. The highest BCUT2D eigenvalue weighted by Gasteiger charge is 2.47. The van der Waals surface area contributed by atoms with E-state index in [-0.39, 0.29) is 11.5 Å². The molecular formula is C36H44N6O3. The van der Waals surface area contributed by atoms with E-state index in [4.69, 9.17) is 20.2 Å². The Balaban J connectivity index is 1.02. The first-order valence-electron chi connectivity index (χ1n) is 16.3. The Labute approximate surface area is 265 Å². The lowest BCUT2D eigenvalue weighted by Crippen LogP contribution is -2.40. The first-order valence-corrected chi connectivity index (χ1v) is 16.3. The van der Waals surface area contributed by atoms with Crippen molar-refractivity contribution in [2.75, 3.05) is 31.9 Å². The second-order valence-electron chi connectivity index (χ2n) is 14.2. The molecule has 7 rings (SSSR count). The summed E-state index contributed by atoms with van der Waals surface area (Å²) in [6.45, 7) is 9.60. The van der Waals surface area contributed by atoms with Crippen molar-refractivity contribution in [3.05, 3.63) is 67.1 Å². The molecule has 9 heteroatoms. The number of amides is 1. The molecule has 236 valence electrons. The summed E-state index contributed by atoms with van der Waals surface area (Å²) in [6.07, 6.45) is 10.3. The van der Waals surface area contributed by atoms with Crippen LogP contribution >= 0.6 is 0 Å². The molecular weight excluding hydrogens is 564 g/mol. The summed E-state index contributed by atoms with van der Waals surface area (Å²) in [5.74, 6) is 2.10. The monoisotopic (exact) mass is 608 g/mol. The van der Waals surface area contributed by atoms with Gasteiger partial charge >= 0.3 is 6.09 Å². The number of benzene rings is 2. The van der Waals surface area contributed by atoms with Gasteiger partial charge in [-0.15, -0.1) is 0 Å². The molecule has 2 saturated heterocycles. The van der Waals surface area contributed by atoms with Crippen molar-refractivity contribution < 1.29 is 14.3 Å². The van der Waals surface area contributed by atoms with Gasteiger partial charge in [0.15, 0.2) is 0 Å². The minimum atomic E-state index is -0.459. The molecule has 2 aromatic carbocycles. The van der Waals surface area contributed by atoms with Crippen LogP contribution in [-0.2, 0) is 4.74 Å². The van der Waals surface area contributed by atoms with E-state index < -0.39 is 5.60 Å². The molecule has 4 aromatic rings. The van der Waals surface area contributed by atoms with Crippen molar-refractivity contribution in [1.29, 1.82) is 0 Å². The number of rotatable bonds is 5. The minimum absolute atomic E-state index is 0.169. The summed E-state index contributed by atoms with van der Waals surface area (Å²) >= 11 is 0. The highest BCUT2D eigenvalue weighted by molar-refractivity contribution is 6.00. The first kappa shape index (κ1) is 29.6. The van der Waals surface area contributed by atoms with Crippen molar-refractivity contribution in [2.45, 2.75) is 77.0 Å². The number of fused-ring (bicyclic) bond motifs is 1. The van der Waals surface area contributed by atoms with Crippen molar-refractivity contribution in [3.63, 3.8) is 0 Å². The van der Waals surface area contributed by atoms with Crippen LogP contribution in [0.2, 0.25) is 0 Å². The molecule has 0 bridgehead atoms. The maximum absolute atomic E-state index is 12.7. The van der Waals surface area contributed by atoms with Gasteiger partial charge in [0.1, 0.15) is 34.9 Å². The Morgan fingerprint density at radius 3 is 2.31 bits per heavy atom. The molecule has 2 aliphatic heterocycles. The van der Waals surface area contributed by atoms with E-state index in [1.807, 2.05) is 68.1 Å². The molecule has 1 atom stereocenters. The minimum Gasteiger partial charge on any atom is -0.457 e. The van der Waals surface area contributed by atoms with Gasteiger partial charge in [-0.2, -0.15) is 0 Å². The zero-order valence-corrected chi connectivity index (χ0v) is 26.6. The number of anilines is 1. The number of carbonyl (C=O) groups is 1. The van der Waals surface area contributed by atoms with Crippen LogP contribution < -0.4 is 10.5 Å². The van der Waals surface area contributed by atoms with Gasteiger partial charge in [-0.3, -0.25) is 4.90 Å². The van der Waals surface area contributed by atoms with Crippen LogP contribution in [0.3, 0.4) is 0 Å². The number of hydrogen-bond acceptors (Lipinski definition) is 7. The molecule has 9 nitrogen and oxygen atoms in total. The van der Waals surface area contributed by atoms with Crippen molar-refractivity contribution in [2.24, 2.45) is 5.41 Å². The third kappa shape index (κ3) is 6.10. The molecule has 4 heterocycles. The smallest absolute Gasteiger partial charge is 0.410 e. The summed E-state index contributed by atoms with van der Waals surface area (Å²) in [7, 11) is 0. The predicted octanol–water partition coefficient (Wildman–Crippen LogP) is 7.29. The summed E-state index contributed by atoms with van der Waals surface area (Å²) in [5.41, 5.74) is 9.22. The normalized spacial score (nSPS) is 24.0.